The van der Waals surface area contributed by atoms with Gasteiger partial charge in [-0.2, -0.15) is 0 Å². The molecule has 2 aliphatic heterocycles. The Hall–Kier alpha value is -0.530. The summed E-state index contributed by atoms with van der Waals surface area (Å²) in [5, 5.41) is 0. The van der Waals surface area contributed by atoms with Crippen LogP contribution < -0.4 is 0 Å². The molecule has 1 unspecified atom stereocenters. The maximum Gasteiger partial charge on any atom is 0.222 e. The molecule has 60 valence electrons. The first-order valence-corrected chi connectivity index (χ1v) is 4.59. The van der Waals surface area contributed by atoms with Crippen molar-refractivity contribution in [2.75, 3.05) is 6.54 Å². The van der Waals surface area contributed by atoms with Crippen molar-refractivity contribution >= 4 is 5.91 Å². The molecule has 3 fully saturated rings. The molecule has 0 aromatic heterocycles. The van der Waals surface area contributed by atoms with Gasteiger partial charge in [0.15, 0.2) is 0 Å². The molecule has 2 heterocycles. The van der Waals surface area contributed by atoms with Crippen LogP contribution in [-0.4, -0.2) is 23.4 Å². The van der Waals surface area contributed by atoms with Gasteiger partial charge in [-0.1, -0.05) is 0 Å². The predicted molar refractivity (Wildman–Crippen MR) is 41.0 cm³/mol. The summed E-state index contributed by atoms with van der Waals surface area (Å²) in [5.41, 5.74) is 0.626. The minimum Gasteiger partial charge on any atom is -0.339 e. The van der Waals surface area contributed by atoms with Gasteiger partial charge in [0.05, 0.1) is 0 Å². The smallest absolute Gasteiger partial charge is 0.222 e. The molecule has 0 aromatic rings. The van der Waals surface area contributed by atoms with E-state index in [2.05, 4.69) is 4.90 Å². The Balaban J connectivity index is 1.87. The van der Waals surface area contributed by atoms with Gasteiger partial charge in [0.2, 0.25) is 5.91 Å². The average Bonchev–Trinajstić information content (AvgIpc) is 2.48. The van der Waals surface area contributed by atoms with Crippen molar-refractivity contribution in [3.63, 3.8) is 0 Å². The van der Waals surface area contributed by atoms with Crippen LogP contribution in [0, 0.1) is 5.41 Å². The molecule has 0 radical (unpaired) electrons. The van der Waals surface area contributed by atoms with E-state index in [0.29, 0.717) is 17.4 Å². The Bertz CT molecular complexity index is 220. The van der Waals surface area contributed by atoms with Crippen molar-refractivity contribution in [1.29, 1.82) is 0 Å². The second-order valence-electron chi connectivity index (χ2n) is 4.42. The molecule has 1 amide bonds. The summed E-state index contributed by atoms with van der Waals surface area (Å²) in [7, 11) is 0. The molecule has 0 aromatic carbocycles. The quantitative estimate of drug-likeness (QED) is 0.508. The van der Waals surface area contributed by atoms with E-state index in [0.717, 1.165) is 19.4 Å². The lowest BCUT2D eigenvalue weighted by atomic mass is 10.0. The zero-order chi connectivity index (χ0) is 7.47. The van der Waals surface area contributed by atoms with Gasteiger partial charge in [0.1, 0.15) is 0 Å². The molecule has 2 nitrogen and oxygen atoms in total. The fourth-order valence-electron chi connectivity index (χ4n) is 2.69. The number of rotatable bonds is 0. The van der Waals surface area contributed by atoms with Gasteiger partial charge < -0.3 is 4.90 Å². The number of amides is 1. The summed E-state index contributed by atoms with van der Waals surface area (Å²) < 4.78 is 0. The summed E-state index contributed by atoms with van der Waals surface area (Å²) in [6, 6.07) is 0.644. The van der Waals surface area contributed by atoms with Crippen molar-refractivity contribution in [1.82, 2.24) is 4.90 Å². The highest BCUT2D eigenvalue weighted by Gasteiger charge is 2.54. The third kappa shape index (κ3) is 0.700. The van der Waals surface area contributed by atoms with E-state index in [1.807, 2.05) is 0 Å². The van der Waals surface area contributed by atoms with Crippen molar-refractivity contribution in [3.05, 3.63) is 0 Å². The third-order valence-corrected chi connectivity index (χ3v) is 3.58. The van der Waals surface area contributed by atoms with Crippen LogP contribution in [0.1, 0.15) is 32.1 Å². The summed E-state index contributed by atoms with van der Waals surface area (Å²) in [6.07, 6.45) is 6.04. The Labute approximate surface area is 66.6 Å². The van der Waals surface area contributed by atoms with Crippen LogP contribution in [0.5, 0.6) is 0 Å². The first kappa shape index (κ1) is 6.04. The van der Waals surface area contributed by atoms with Crippen molar-refractivity contribution in [2.45, 2.75) is 38.1 Å². The van der Waals surface area contributed by atoms with Crippen LogP contribution in [0.4, 0.5) is 0 Å². The third-order valence-electron chi connectivity index (χ3n) is 3.58. The van der Waals surface area contributed by atoms with E-state index in [4.69, 9.17) is 0 Å². The van der Waals surface area contributed by atoms with Crippen molar-refractivity contribution in [3.8, 4) is 0 Å². The molecule has 0 N–H and O–H groups in total. The van der Waals surface area contributed by atoms with E-state index in [-0.39, 0.29) is 0 Å². The van der Waals surface area contributed by atoms with E-state index >= 15 is 0 Å². The maximum atomic E-state index is 11.3. The second kappa shape index (κ2) is 1.62. The van der Waals surface area contributed by atoms with Crippen LogP contribution in [0.2, 0.25) is 0 Å². The van der Waals surface area contributed by atoms with Gasteiger partial charge in [-0.3, -0.25) is 4.79 Å². The van der Waals surface area contributed by atoms with Gasteiger partial charge in [0, 0.05) is 19.0 Å². The van der Waals surface area contributed by atoms with E-state index in [1.165, 1.54) is 19.3 Å². The number of fused-ring (bicyclic) bond motifs is 1. The number of carbonyl (C=O) groups is 1. The number of carbonyl (C=O) groups excluding carboxylic acids is 1. The zero-order valence-corrected chi connectivity index (χ0v) is 6.68. The average molecular weight is 151 g/mol. The highest BCUT2D eigenvalue weighted by atomic mass is 16.2. The van der Waals surface area contributed by atoms with Gasteiger partial charge in [-0.05, 0) is 31.1 Å². The largest absolute Gasteiger partial charge is 0.339 e. The second-order valence-corrected chi connectivity index (χ2v) is 4.42. The Morgan fingerprint density at radius 2 is 2.27 bits per heavy atom. The molecule has 2 saturated heterocycles. The van der Waals surface area contributed by atoms with Crippen LogP contribution in [-0.2, 0) is 4.79 Å². The fraction of sp³-hybridized carbons (Fsp3) is 0.889. The molecule has 11 heavy (non-hydrogen) atoms. The first-order valence-electron chi connectivity index (χ1n) is 4.59. The maximum absolute atomic E-state index is 11.3. The van der Waals surface area contributed by atoms with Gasteiger partial charge in [-0.25, -0.2) is 0 Å². The van der Waals surface area contributed by atoms with Crippen molar-refractivity contribution in [2.24, 2.45) is 5.41 Å². The Morgan fingerprint density at radius 1 is 1.45 bits per heavy atom. The number of hydrogen-bond acceptors (Lipinski definition) is 1. The Kier molecular flexibility index (Phi) is 0.890. The lowest BCUT2D eigenvalue weighted by molar-refractivity contribution is -0.128. The molecule has 3 aliphatic rings. The van der Waals surface area contributed by atoms with Crippen molar-refractivity contribution < 1.29 is 4.79 Å². The van der Waals surface area contributed by atoms with E-state index in [9.17, 15) is 4.79 Å². The standard InChI is InChI=1S/C9H13NO/c11-8-2-1-7-5-9(3-4-9)6-10(7)8/h7H,1-6H2. The first-order chi connectivity index (χ1) is 5.29. The van der Waals surface area contributed by atoms with E-state index in [1.54, 1.807) is 0 Å². The molecule has 3 rings (SSSR count). The van der Waals surface area contributed by atoms with Gasteiger partial charge in [-0.15, -0.1) is 0 Å². The SMILES string of the molecule is O=C1CCC2CC3(CC3)CN12. The molecule has 1 aliphatic carbocycles. The predicted octanol–water partition coefficient (Wildman–Crippen LogP) is 1.16. The fourth-order valence-corrected chi connectivity index (χ4v) is 2.69. The number of hydrogen-bond donors (Lipinski definition) is 0. The molecular weight excluding hydrogens is 138 g/mol. The molecule has 1 saturated carbocycles. The topological polar surface area (TPSA) is 20.3 Å². The van der Waals surface area contributed by atoms with Crippen LogP contribution in [0.25, 0.3) is 0 Å². The van der Waals surface area contributed by atoms with Gasteiger partial charge >= 0.3 is 0 Å². The van der Waals surface area contributed by atoms with Gasteiger partial charge in [0.25, 0.3) is 0 Å². The normalized spacial score (nSPS) is 38.4. The molecule has 1 atom stereocenters. The minimum absolute atomic E-state index is 0.416. The number of nitrogens with zero attached hydrogens (tertiary/aromatic N) is 1. The lowest BCUT2D eigenvalue weighted by Gasteiger charge is -2.13. The summed E-state index contributed by atoms with van der Waals surface area (Å²) in [6.45, 7) is 1.09. The molecule has 1 spiro atoms. The minimum atomic E-state index is 0.416. The highest BCUT2D eigenvalue weighted by molar-refractivity contribution is 5.79. The molecule has 2 heteroatoms. The summed E-state index contributed by atoms with van der Waals surface area (Å²) >= 11 is 0. The summed E-state index contributed by atoms with van der Waals surface area (Å²) in [5.74, 6) is 0.416. The summed E-state index contributed by atoms with van der Waals surface area (Å²) in [4.78, 5) is 13.4. The monoisotopic (exact) mass is 151 g/mol. The van der Waals surface area contributed by atoms with E-state index < -0.39 is 0 Å². The lowest BCUT2D eigenvalue weighted by Crippen LogP contribution is -2.27. The van der Waals surface area contributed by atoms with Crippen LogP contribution in [0.15, 0.2) is 0 Å². The molecule has 0 bridgehead atoms. The zero-order valence-electron chi connectivity index (χ0n) is 6.68. The Morgan fingerprint density at radius 3 is 2.91 bits per heavy atom. The van der Waals surface area contributed by atoms with Crippen LogP contribution in [0.3, 0.4) is 0 Å². The highest BCUT2D eigenvalue weighted by Crippen LogP contribution is 2.56. The molecular formula is C9H13NO. The van der Waals surface area contributed by atoms with Crippen LogP contribution >= 0.6 is 0 Å².